The Hall–Kier alpha value is -3.54. The van der Waals surface area contributed by atoms with E-state index >= 15 is 0 Å². The molecule has 9 heteroatoms. The molecule has 4 aromatic rings. The van der Waals surface area contributed by atoms with Gasteiger partial charge in [0.1, 0.15) is 12.3 Å². The zero-order chi connectivity index (χ0) is 22.3. The first kappa shape index (κ1) is 21.7. The van der Waals surface area contributed by atoms with E-state index in [1.54, 1.807) is 30.5 Å². The Morgan fingerprint density at radius 3 is 2.56 bits per heavy atom. The van der Waals surface area contributed by atoms with E-state index < -0.39 is 0 Å². The summed E-state index contributed by atoms with van der Waals surface area (Å²) < 4.78 is 7.41. The summed E-state index contributed by atoms with van der Waals surface area (Å²) in [7, 11) is 0. The van der Waals surface area contributed by atoms with Crippen LogP contribution in [0.15, 0.2) is 82.6 Å². The van der Waals surface area contributed by atoms with Crippen LogP contribution in [-0.4, -0.2) is 33.0 Å². The summed E-state index contributed by atoms with van der Waals surface area (Å²) >= 11 is 7.29. The van der Waals surface area contributed by atoms with Crippen LogP contribution in [0.2, 0.25) is 5.02 Å². The first-order chi connectivity index (χ1) is 15.7. The predicted molar refractivity (Wildman–Crippen MR) is 123 cm³/mol. The summed E-state index contributed by atoms with van der Waals surface area (Å²) in [6.07, 6.45) is 1.61. The highest BCUT2D eigenvalue weighted by Crippen LogP contribution is 2.27. The minimum Gasteiger partial charge on any atom is -0.467 e. The van der Waals surface area contributed by atoms with Gasteiger partial charge in [-0.3, -0.25) is 14.3 Å². The number of carbonyl (C=O) groups is 1. The molecule has 0 N–H and O–H groups in total. The molecule has 0 radical (unpaired) electrons. The summed E-state index contributed by atoms with van der Waals surface area (Å²) in [5.74, 6) is 1.30. The molecule has 4 rings (SSSR count). The van der Waals surface area contributed by atoms with Crippen LogP contribution in [-0.2, 0) is 11.3 Å². The van der Waals surface area contributed by atoms with E-state index in [4.69, 9.17) is 16.0 Å². The van der Waals surface area contributed by atoms with Crippen molar-refractivity contribution in [3.8, 4) is 17.5 Å². The van der Waals surface area contributed by atoms with Crippen LogP contribution in [0.1, 0.15) is 5.76 Å². The Labute approximate surface area is 194 Å². The molecule has 0 aliphatic heterocycles. The number of nitrogens with zero attached hydrogens (tertiary/aromatic N) is 5. The van der Waals surface area contributed by atoms with Gasteiger partial charge in [-0.1, -0.05) is 41.6 Å². The normalized spacial score (nSPS) is 10.6. The number of hydrogen-bond acceptors (Lipinski definition) is 6. The van der Waals surface area contributed by atoms with Crippen LogP contribution in [0, 0.1) is 11.3 Å². The van der Waals surface area contributed by atoms with Crippen molar-refractivity contribution in [1.82, 2.24) is 14.8 Å². The number of carbonyl (C=O) groups excluding carboxylic acids is 1. The smallest absolute Gasteiger partial charge is 0.238 e. The van der Waals surface area contributed by atoms with Gasteiger partial charge in [-0.25, -0.2) is 0 Å². The zero-order valence-corrected chi connectivity index (χ0v) is 18.5. The van der Waals surface area contributed by atoms with Gasteiger partial charge in [0.2, 0.25) is 5.91 Å². The molecule has 0 fully saturated rings. The highest BCUT2D eigenvalue weighted by Gasteiger charge is 2.20. The minimum atomic E-state index is -0.191. The fourth-order valence-electron chi connectivity index (χ4n) is 3.12. The monoisotopic (exact) mass is 463 g/mol. The van der Waals surface area contributed by atoms with E-state index in [2.05, 4.69) is 16.3 Å². The molecule has 0 saturated heterocycles. The van der Waals surface area contributed by atoms with Crippen LogP contribution < -0.4 is 4.90 Å². The third-order valence-electron chi connectivity index (χ3n) is 4.64. The van der Waals surface area contributed by atoms with E-state index in [1.165, 1.54) is 16.7 Å². The number of halogens is 1. The predicted octanol–water partition coefficient (Wildman–Crippen LogP) is 4.89. The van der Waals surface area contributed by atoms with Gasteiger partial charge < -0.3 is 4.42 Å². The maximum Gasteiger partial charge on any atom is 0.238 e. The molecule has 2 aromatic heterocycles. The number of benzene rings is 2. The lowest BCUT2D eigenvalue weighted by Gasteiger charge is -2.19. The number of hydrogen-bond donors (Lipinski definition) is 0. The molecule has 0 atom stereocenters. The largest absolute Gasteiger partial charge is 0.467 e. The van der Waals surface area contributed by atoms with Crippen molar-refractivity contribution in [2.24, 2.45) is 0 Å². The van der Waals surface area contributed by atoms with Crippen LogP contribution in [0.4, 0.5) is 5.69 Å². The Kier molecular flexibility index (Phi) is 6.90. The molecule has 0 saturated carbocycles. The quantitative estimate of drug-likeness (QED) is 0.273. The van der Waals surface area contributed by atoms with Gasteiger partial charge in [-0.15, -0.1) is 10.2 Å². The first-order valence-electron chi connectivity index (χ1n) is 9.72. The van der Waals surface area contributed by atoms with Crippen LogP contribution in [0.25, 0.3) is 11.4 Å². The number of thioether (sulfide) groups is 1. The SMILES string of the molecule is N#CCN(C(=O)CSc1nnc(-c2ccc(Cl)cc2)n1Cc1ccco1)c1ccccc1. The molecule has 0 aliphatic rings. The second-order valence-electron chi connectivity index (χ2n) is 6.74. The molecule has 0 spiro atoms. The molecule has 1 amide bonds. The average molecular weight is 464 g/mol. The second-order valence-corrected chi connectivity index (χ2v) is 8.12. The van der Waals surface area contributed by atoms with Gasteiger partial charge >= 0.3 is 0 Å². The Morgan fingerprint density at radius 2 is 1.88 bits per heavy atom. The number of furan rings is 1. The molecule has 0 unspecified atom stereocenters. The van der Waals surface area contributed by atoms with Gasteiger partial charge in [-0.05, 0) is 48.5 Å². The highest BCUT2D eigenvalue weighted by atomic mass is 35.5. The van der Waals surface area contributed by atoms with Crippen molar-refractivity contribution in [2.45, 2.75) is 11.7 Å². The van der Waals surface area contributed by atoms with Crippen LogP contribution >= 0.6 is 23.4 Å². The first-order valence-corrected chi connectivity index (χ1v) is 11.1. The molecule has 0 bridgehead atoms. The molecule has 2 aromatic carbocycles. The molecule has 160 valence electrons. The maximum absolute atomic E-state index is 12.9. The van der Waals surface area contributed by atoms with Gasteiger partial charge in [0.05, 0.1) is 24.6 Å². The third kappa shape index (κ3) is 5.02. The topological polar surface area (TPSA) is 88.0 Å². The number of para-hydroxylation sites is 1. The van der Waals surface area contributed by atoms with Gasteiger partial charge in [0.25, 0.3) is 0 Å². The molecular weight excluding hydrogens is 446 g/mol. The minimum absolute atomic E-state index is 0.0292. The molecule has 7 nitrogen and oxygen atoms in total. The van der Waals surface area contributed by atoms with Crippen molar-refractivity contribution in [1.29, 1.82) is 5.26 Å². The zero-order valence-electron chi connectivity index (χ0n) is 16.9. The Bertz CT molecular complexity index is 1220. The number of rotatable bonds is 8. The Morgan fingerprint density at radius 1 is 1.09 bits per heavy atom. The number of aromatic nitrogens is 3. The lowest BCUT2D eigenvalue weighted by atomic mass is 10.2. The molecule has 0 aliphatic carbocycles. The number of amides is 1. The van der Waals surface area contributed by atoms with E-state index in [0.29, 0.717) is 28.2 Å². The third-order valence-corrected chi connectivity index (χ3v) is 5.84. The van der Waals surface area contributed by atoms with Crippen molar-refractivity contribution in [3.63, 3.8) is 0 Å². The highest BCUT2D eigenvalue weighted by molar-refractivity contribution is 7.99. The van der Waals surface area contributed by atoms with Crippen LogP contribution in [0.5, 0.6) is 0 Å². The van der Waals surface area contributed by atoms with E-state index in [-0.39, 0.29) is 18.2 Å². The summed E-state index contributed by atoms with van der Waals surface area (Å²) in [5, 5.41) is 19.0. The van der Waals surface area contributed by atoms with E-state index in [9.17, 15) is 10.1 Å². The van der Waals surface area contributed by atoms with Crippen LogP contribution in [0.3, 0.4) is 0 Å². The van der Waals surface area contributed by atoms with Crippen molar-refractivity contribution >= 4 is 35.0 Å². The van der Waals surface area contributed by atoms with Gasteiger partial charge in [0, 0.05) is 16.3 Å². The van der Waals surface area contributed by atoms with Gasteiger partial charge in [0.15, 0.2) is 11.0 Å². The van der Waals surface area contributed by atoms with E-state index in [0.717, 1.165) is 11.3 Å². The van der Waals surface area contributed by atoms with E-state index in [1.807, 2.05) is 47.0 Å². The average Bonchev–Trinajstić information content (AvgIpc) is 3.47. The lowest BCUT2D eigenvalue weighted by molar-refractivity contribution is -0.116. The summed E-state index contributed by atoms with van der Waals surface area (Å²) in [6, 6.07) is 22.2. The lowest BCUT2D eigenvalue weighted by Crippen LogP contribution is -2.32. The summed E-state index contributed by atoms with van der Waals surface area (Å²) in [5.41, 5.74) is 1.53. The summed E-state index contributed by atoms with van der Waals surface area (Å²) in [4.78, 5) is 14.4. The fraction of sp³-hybridized carbons (Fsp3) is 0.130. The molecular formula is C23H18ClN5O2S. The van der Waals surface area contributed by atoms with Gasteiger partial charge in [-0.2, -0.15) is 5.26 Å². The molecule has 32 heavy (non-hydrogen) atoms. The number of anilines is 1. The molecule has 2 heterocycles. The van der Waals surface area contributed by atoms with Crippen molar-refractivity contribution in [3.05, 3.63) is 83.8 Å². The van der Waals surface area contributed by atoms with Crippen molar-refractivity contribution in [2.75, 3.05) is 17.2 Å². The van der Waals surface area contributed by atoms with Crippen molar-refractivity contribution < 1.29 is 9.21 Å². The number of nitriles is 1. The second kappa shape index (κ2) is 10.2. The Balaban J connectivity index is 1.58. The fourth-order valence-corrected chi connectivity index (χ4v) is 4.06. The standard InChI is InChI=1S/C23H18ClN5O2S/c24-18-10-8-17(9-11-18)22-26-27-23(29(22)15-20-7-4-14-31-20)32-16-21(30)28(13-12-25)19-5-2-1-3-6-19/h1-11,14H,13,15-16H2. The summed E-state index contributed by atoms with van der Waals surface area (Å²) in [6.45, 7) is 0.383. The maximum atomic E-state index is 12.9.